The highest BCUT2D eigenvalue weighted by molar-refractivity contribution is 5.77. The van der Waals surface area contributed by atoms with Gasteiger partial charge in [0, 0.05) is 20.1 Å². The van der Waals surface area contributed by atoms with Crippen molar-refractivity contribution < 1.29 is 23.7 Å². The Kier molecular flexibility index (Phi) is 2.02. The summed E-state index contributed by atoms with van der Waals surface area (Å²) < 4.78 is 20.9. The summed E-state index contributed by atoms with van der Waals surface area (Å²) in [6, 6.07) is 0. The number of carbonyl (C=O) groups is 1. The van der Waals surface area contributed by atoms with Crippen LogP contribution < -0.4 is 0 Å². The summed E-state index contributed by atoms with van der Waals surface area (Å²) >= 11 is 0. The molecule has 5 atom stereocenters. The molecule has 5 nitrogen and oxygen atoms in total. The molecule has 3 fully saturated rings. The van der Waals surface area contributed by atoms with Crippen LogP contribution in [0.1, 0.15) is 6.42 Å². The van der Waals surface area contributed by atoms with Crippen molar-refractivity contribution in [3.05, 3.63) is 0 Å². The molecule has 0 bridgehead atoms. The van der Waals surface area contributed by atoms with Crippen LogP contribution >= 0.6 is 0 Å². The number of carbonyl (C=O) groups excluding carboxylic acids is 1. The molecule has 2 saturated heterocycles. The lowest BCUT2D eigenvalue weighted by Crippen LogP contribution is -2.35. The first-order chi connectivity index (χ1) is 7.26. The summed E-state index contributed by atoms with van der Waals surface area (Å²) in [7, 11) is 3.11. The molecule has 5 heteroatoms. The van der Waals surface area contributed by atoms with Crippen molar-refractivity contribution in [3.8, 4) is 0 Å². The highest BCUT2D eigenvalue weighted by Crippen LogP contribution is 2.53. The minimum Gasteiger partial charge on any atom is -0.456 e. The monoisotopic (exact) mass is 214 g/mol. The van der Waals surface area contributed by atoms with Crippen LogP contribution in [0, 0.1) is 11.8 Å². The predicted octanol–water partition coefficient (Wildman–Crippen LogP) is -0.0658. The van der Waals surface area contributed by atoms with Crippen LogP contribution in [0.5, 0.6) is 0 Å². The number of hydrogen-bond donors (Lipinski definition) is 0. The molecule has 0 aromatic heterocycles. The normalized spacial score (nSPS) is 46.6. The number of rotatable bonds is 3. The van der Waals surface area contributed by atoms with Crippen LogP contribution in [-0.4, -0.2) is 44.8 Å². The van der Waals surface area contributed by atoms with Crippen molar-refractivity contribution in [3.63, 3.8) is 0 Å². The lowest BCUT2D eigenvalue weighted by atomic mass is 9.92. The van der Waals surface area contributed by atoms with Gasteiger partial charge in [0.25, 0.3) is 0 Å². The molecule has 15 heavy (non-hydrogen) atoms. The van der Waals surface area contributed by atoms with Gasteiger partial charge in [0.05, 0.1) is 18.1 Å². The van der Waals surface area contributed by atoms with E-state index in [0.29, 0.717) is 0 Å². The summed E-state index contributed by atoms with van der Waals surface area (Å²) in [5, 5.41) is 0. The van der Waals surface area contributed by atoms with Crippen LogP contribution in [0.15, 0.2) is 0 Å². The van der Waals surface area contributed by atoms with E-state index in [-0.39, 0.29) is 36.1 Å². The number of epoxide rings is 1. The summed E-state index contributed by atoms with van der Waals surface area (Å²) in [5.41, 5.74) is 0. The molecule has 1 saturated carbocycles. The fraction of sp³-hybridized carbons (Fsp3) is 0.900. The zero-order valence-electron chi connectivity index (χ0n) is 8.71. The van der Waals surface area contributed by atoms with Gasteiger partial charge in [-0.25, -0.2) is 0 Å². The maximum atomic E-state index is 11.6. The van der Waals surface area contributed by atoms with Crippen molar-refractivity contribution >= 4 is 5.97 Å². The highest BCUT2D eigenvalue weighted by atomic mass is 16.7. The first kappa shape index (κ1) is 9.57. The van der Waals surface area contributed by atoms with Crippen LogP contribution in [0.25, 0.3) is 0 Å². The quantitative estimate of drug-likeness (QED) is 0.374. The zero-order valence-corrected chi connectivity index (χ0v) is 8.71. The van der Waals surface area contributed by atoms with Gasteiger partial charge in [0.1, 0.15) is 0 Å². The van der Waals surface area contributed by atoms with Crippen LogP contribution in [-0.2, 0) is 23.7 Å². The summed E-state index contributed by atoms with van der Waals surface area (Å²) in [5.74, 6) is -0.0481. The molecule has 1 aliphatic carbocycles. The lowest BCUT2D eigenvalue weighted by molar-refractivity contribution is -0.185. The van der Waals surface area contributed by atoms with E-state index in [9.17, 15) is 4.79 Å². The predicted molar refractivity (Wildman–Crippen MR) is 47.9 cm³/mol. The van der Waals surface area contributed by atoms with Gasteiger partial charge in [-0.3, -0.25) is 4.79 Å². The average Bonchev–Trinajstić information content (AvgIpc) is 2.76. The maximum Gasteiger partial charge on any atom is 0.312 e. The third-order valence-electron chi connectivity index (χ3n) is 3.62. The van der Waals surface area contributed by atoms with Crippen LogP contribution in [0.4, 0.5) is 0 Å². The van der Waals surface area contributed by atoms with Crippen LogP contribution in [0.3, 0.4) is 0 Å². The molecule has 0 N–H and O–H groups in total. The number of methoxy groups -OCH3 is 2. The lowest BCUT2D eigenvalue weighted by Gasteiger charge is -2.23. The second kappa shape index (κ2) is 3.17. The van der Waals surface area contributed by atoms with Crippen molar-refractivity contribution in [1.29, 1.82) is 0 Å². The topological polar surface area (TPSA) is 57.3 Å². The number of cyclic esters (lactones) is 1. The second-order valence-electron chi connectivity index (χ2n) is 4.31. The fourth-order valence-electron chi connectivity index (χ4n) is 2.89. The largest absolute Gasteiger partial charge is 0.456 e. The molecular weight excluding hydrogens is 200 g/mol. The summed E-state index contributed by atoms with van der Waals surface area (Å²) in [4.78, 5) is 11.6. The van der Waals surface area contributed by atoms with Crippen molar-refractivity contribution in [2.45, 2.75) is 31.0 Å². The SMILES string of the molecule is COC(OC)C1OC(=O)C2C1CC1OC12. The maximum absolute atomic E-state index is 11.6. The summed E-state index contributed by atoms with van der Waals surface area (Å²) in [6.45, 7) is 0. The van der Waals surface area contributed by atoms with Gasteiger partial charge < -0.3 is 18.9 Å². The molecule has 0 radical (unpaired) electrons. The molecule has 0 aromatic carbocycles. The molecule has 3 rings (SSSR count). The molecule has 0 aromatic rings. The standard InChI is InChI=1S/C10H14O5/c1-12-10(13-2)7-4-3-5-8(14-5)6(4)9(11)15-7/h4-8,10H,3H2,1-2H3. The van der Waals surface area contributed by atoms with E-state index < -0.39 is 6.29 Å². The fourth-order valence-corrected chi connectivity index (χ4v) is 2.89. The summed E-state index contributed by atoms with van der Waals surface area (Å²) in [6.07, 6.45) is 0.525. The van der Waals surface area contributed by atoms with E-state index in [1.807, 2.05) is 0 Å². The van der Waals surface area contributed by atoms with Gasteiger partial charge >= 0.3 is 5.97 Å². The molecule has 2 heterocycles. The molecule has 2 aliphatic heterocycles. The van der Waals surface area contributed by atoms with Gasteiger partial charge in [0.15, 0.2) is 12.4 Å². The smallest absolute Gasteiger partial charge is 0.312 e. The van der Waals surface area contributed by atoms with Gasteiger partial charge in [-0.2, -0.15) is 0 Å². The molecular formula is C10H14O5. The molecule has 3 aliphatic rings. The van der Waals surface area contributed by atoms with Crippen molar-refractivity contribution in [1.82, 2.24) is 0 Å². The third-order valence-corrected chi connectivity index (χ3v) is 3.62. The third kappa shape index (κ3) is 1.23. The van der Waals surface area contributed by atoms with E-state index in [0.717, 1.165) is 6.42 Å². The Bertz CT molecular complexity index is 288. The Morgan fingerprint density at radius 3 is 2.80 bits per heavy atom. The zero-order chi connectivity index (χ0) is 10.6. The molecule has 0 spiro atoms. The first-order valence-electron chi connectivity index (χ1n) is 5.18. The van der Waals surface area contributed by atoms with Crippen LogP contribution in [0.2, 0.25) is 0 Å². The van der Waals surface area contributed by atoms with Gasteiger partial charge in [-0.1, -0.05) is 0 Å². The Morgan fingerprint density at radius 1 is 1.40 bits per heavy atom. The second-order valence-corrected chi connectivity index (χ2v) is 4.31. The Hall–Kier alpha value is -0.650. The van der Waals surface area contributed by atoms with E-state index in [1.54, 1.807) is 14.2 Å². The Morgan fingerprint density at radius 2 is 2.13 bits per heavy atom. The average molecular weight is 214 g/mol. The van der Waals surface area contributed by atoms with Gasteiger partial charge in [0.2, 0.25) is 0 Å². The van der Waals surface area contributed by atoms with E-state index >= 15 is 0 Å². The molecule has 0 amide bonds. The van der Waals surface area contributed by atoms with Crippen molar-refractivity contribution in [2.75, 3.05) is 14.2 Å². The minimum atomic E-state index is -0.457. The van der Waals surface area contributed by atoms with E-state index in [2.05, 4.69) is 0 Å². The number of hydrogen-bond acceptors (Lipinski definition) is 5. The molecule has 84 valence electrons. The highest BCUT2D eigenvalue weighted by Gasteiger charge is 2.66. The Labute approximate surface area is 87.6 Å². The number of ether oxygens (including phenoxy) is 4. The van der Waals surface area contributed by atoms with Gasteiger partial charge in [-0.05, 0) is 6.42 Å². The Balaban J connectivity index is 1.79. The van der Waals surface area contributed by atoms with Gasteiger partial charge in [-0.15, -0.1) is 0 Å². The number of fused-ring (bicyclic) bond motifs is 3. The minimum absolute atomic E-state index is 0.0900. The van der Waals surface area contributed by atoms with E-state index in [1.165, 1.54) is 0 Å². The molecule has 5 unspecified atom stereocenters. The van der Waals surface area contributed by atoms with E-state index in [4.69, 9.17) is 18.9 Å². The first-order valence-corrected chi connectivity index (χ1v) is 5.18. The van der Waals surface area contributed by atoms with Crippen molar-refractivity contribution in [2.24, 2.45) is 11.8 Å². The number of esters is 1.